The summed E-state index contributed by atoms with van der Waals surface area (Å²) in [6, 6.07) is 2.46. The van der Waals surface area contributed by atoms with Gasteiger partial charge in [0.2, 0.25) is 0 Å². The molecule has 0 amide bonds. The molecule has 11 heteroatoms. The summed E-state index contributed by atoms with van der Waals surface area (Å²) < 4.78 is 83.6. The fourth-order valence-corrected chi connectivity index (χ4v) is 8.52. The molecule has 0 aromatic carbocycles. The van der Waals surface area contributed by atoms with Gasteiger partial charge < -0.3 is 14.6 Å². The first kappa shape index (κ1) is 37.0. The van der Waals surface area contributed by atoms with Crippen LogP contribution in [0.1, 0.15) is 65.2 Å². The van der Waals surface area contributed by atoms with Crippen molar-refractivity contribution in [1.82, 2.24) is 0 Å². The molecule has 35 heavy (non-hydrogen) atoms. The maximum absolute atomic E-state index is 12.2. The van der Waals surface area contributed by atoms with Gasteiger partial charge >= 0.3 is 12.4 Å². The number of halogens is 6. The molecule has 0 radical (unpaired) electrons. The molecule has 3 nitrogen and oxygen atoms in total. The standard InChI is InChI=1S/C14H27F3O2Si.C9H19F3OSi.CH4/c1-20(2,12-8-14(15,16)17)11-6-5-10-19-13-7-3-4-9-18-13;1-14(2,7-4-3-6-13)8-5-9(10,11)12;/h13H,3-12H2,1-2H3;13H,3-8H2,1-2H3;1H4. The molecule has 1 N–H and O–H groups in total. The first-order valence-corrected chi connectivity index (χ1v) is 19.4. The van der Waals surface area contributed by atoms with Crippen molar-refractivity contribution in [2.45, 2.75) is 134 Å². The van der Waals surface area contributed by atoms with Gasteiger partial charge in [-0.1, -0.05) is 58.5 Å². The second kappa shape index (κ2) is 18.2. The van der Waals surface area contributed by atoms with Crippen LogP contribution in [0.15, 0.2) is 0 Å². The molecule has 0 aromatic rings. The molecule has 1 atom stereocenters. The summed E-state index contributed by atoms with van der Waals surface area (Å²) in [7, 11) is -3.39. The van der Waals surface area contributed by atoms with E-state index < -0.39 is 41.3 Å². The van der Waals surface area contributed by atoms with Gasteiger partial charge in [0.25, 0.3) is 0 Å². The highest BCUT2D eigenvalue weighted by molar-refractivity contribution is 6.77. The summed E-state index contributed by atoms with van der Waals surface area (Å²) in [6.45, 7) is 9.64. The summed E-state index contributed by atoms with van der Waals surface area (Å²) in [5, 5.41) is 8.56. The lowest BCUT2D eigenvalue weighted by molar-refractivity contribution is -0.162. The van der Waals surface area contributed by atoms with Gasteiger partial charge in [-0.2, -0.15) is 26.3 Å². The Balaban J connectivity index is 0. The minimum absolute atomic E-state index is 0. The van der Waals surface area contributed by atoms with Crippen LogP contribution in [0, 0.1) is 0 Å². The van der Waals surface area contributed by atoms with E-state index in [9.17, 15) is 26.3 Å². The van der Waals surface area contributed by atoms with Crippen LogP contribution >= 0.6 is 0 Å². The summed E-state index contributed by atoms with van der Waals surface area (Å²) in [6.07, 6.45) is -2.68. The predicted octanol–water partition coefficient (Wildman–Crippen LogP) is 9.03. The van der Waals surface area contributed by atoms with E-state index in [2.05, 4.69) is 0 Å². The molecule has 1 unspecified atom stereocenters. The highest BCUT2D eigenvalue weighted by Crippen LogP contribution is 2.30. The Hall–Kier alpha value is -0.106. The van der Waals surface area contributed by atoms with Crippen LogP contribution in [0.5, 0.6) is 0 Å². The van der Waals surface area contributed by atoms with Crippen LogP contribution in [0.2, 0.25) is 50.4 Å². The first-order chi connectivity index (χ1) is 15.6. The summed E-state index contributed by atoms with van der Waals surface area (Å²) in [5.74, 6) is 0. The van der Waals surface area contributed by atoms with E-state index in [0.717, 1.165) is 57.2 Å². The molecule has 0 bridgehead atoms. The number of unbranched alkanes of at least 4 members (excludes halogenated alkanes) is 2. The van der Waals surface area contributed by atoms with Crippen molar-refractivity contribution in [3.05, 3.63) is 0 Å². The van der Waals surface area contributed by atoms with E-state index in [0.29, 0.717) is 25.1 Å². The zero-order chi connectivity index (χ0) is 26.3. The van der Waals surface area contributed by atoms with E-state index >= 15 is 0 Å². The predicted molar refractivity (Wildman–Crippen MR) is 137 cm³/mol. The molecule has 1 aliphatic rings. The molecular formula is C24H50F6O3Si2. The number of hydrogen-bond acceptors (Lipinski definition) is 3. The topological polar surface area (TPSA) is 38.7 Å². The molecule has 214 valence electrons. The Labute approximate surface area is 211 Å². The van der Waals surface area contributed by atoms with Gasteiger partial charge in [-0.05, 0) is 44.2 Å². The Morgan fingerprint density at radius 1 is 0.771 bits per heavy atom. The van der Waals surface area contributed by atoms with Crippen LogP contribution < -0.4 is 0 Å². The zero-order valence-electron chi connectivity index (χ0n) is 21.4. The van der Waals surface area contributed by atoms with Crippen molar-refractivity contribution in [2.75, 3.05) is 19.8 Å². The average Bonchev–Trinajstić information content (AvgIpc) is 2.71. The van der Waals surface area contributed by atoms with Gasteiger partial charge in [0.1, 0.15) is 0 Å². The number of rotatable bonds is 14. The van der Waals surface area contributed by atoms with E-state index in [1.807, 2.05) is 26.2 Å². The molecular weight excluding hydrogens is 506 g/mol. The SMILES string of the molecule is C.C[Si](C)(CCCCO)CCC(F)(F)F.C[Si](C)(CCCCOC1CCCCO1)CCC(F)(F)F. The van der Waals surface area contributed by atoms with Crippen molar-refractivity contribution in [3.63, 3.8) is 0 Å². The molecule has 1 aliphatic heterocycles. The highest BCUT2D eigenvalue weighted by atomic mass is 28.3. The third kappa shape index (κ3) is 25.3. The lowest BCUT2D eigenvalue weighted by Gasteiger charge is -2.24. The molecule has 0 saturated carbocycles. The molecule has 0 aromatic heterocycles. The molecule has 1 fully saturated rings. The lowest BCUT2D eigenvalue weighted by Crippen LogP contribution is -2.27. The average molecular weight is 557 g/mol. The Morgan fingerprint density at radius 3 is 1.66 bits per heavy atom. The van der Waals surface area contributed by atoms with Gasteiger partial charge in [0.05, 0.1) is 0 Å². The zero-order valence-corrected chi connectivity index (χ0v) is 23.4. The van der Waals surface area contributed by atoms with E-state index in [4.69, 9.17) is 14.6 Å². The van der Waals surface area contributed by atoms with E-state index in [1.54, 1.807) is 0 Å². The fourth-order valence-electron chi connectivity index (χ4n) is 3.69. The second-order valence-electron chi connectivity index (χ2n) is 10.9. The van der Waals surface area contributed by atoms with Crippen LogP contribution in [-0.4, -0.2) is 59.7 Å². The maximum Gasteiger partial charge on any atom is 0.388 e. The molecule has 1 rings (SSSR count). The van der Waals surface area contributed by atoms with Gasteiger partial charge in [0.15, 0.2) is 6.29 Å². The molecule has 0 spiro atoms. The maximum atomic E-state index is 12.2. The second-order valence-corrected chi connectivity index (χ2v) is 21.5. The van der Waals surface area contributed by atoms with Crippen molar-refractivity contribution >= 4 is 16.1 Å². The van der Waals surface area contributed by atoms with Crippen LogP contribution in [-0.2, 0) is 9.47 Å². The van der Waals surface area contributed by atoms with Gasteiger partial charge in [-0.25, -0.2) is 0 Å². The van der Waals surface area contributed by atoms with Gasteiger partial charge in [0, 0.05) is 48.8 Å². The first-order valence-electron chi connectivity index (χ1n) is 12.5. The van der Waals surface area contributed by atoms with Crippen LogP contribution in [0.4, 0.5) is 26.3 Å². The van der Waals surface area contributed by atoms with Crippen molar-refractivity contribution < 1.29 is 40.9 Å². The molecule has 0 aliphatic carbocycles. The van der Waals surface area contributed by atoms with Crippen molar-refractivity contribution in [1.29, 1.82) is 0 Å². The monoisotopic (exact) mass is 556 g/mol. The van der Waals surface area contributed by atoms with Crippen molar-refractivity contribution in [3.8, 4) is 0 Å². The van der Waals surface area contributed by atoms with E-state index in [1.165, 1.54) is 0 Å². The third-order valence-electron chi connectivity index (χ3n) is 6.12. The van der Waals surface area contributed by atoms with Gasteiger partial charge in [-0.15, -0.1) is 0 Å². The van der Waals surface area contributed by atoms with Crippen LogP contribution in [0.25, 0.3) is 0 Å². The number of ether oxygens (including phenoxy) is 2. The minimum Gasteiger partial charge on any atom is -0.396 e. The minimum atomic E-state index is -4.01. The number of aliphatic hydroxyl groups is 1. The summed E-state index contributed by atoms with van der Waals surface area (Å²) in [4.78, 5) is 0. The highest BCUT2D eigenvalue weighted by Gasteiger charge is 2.32. The molecule has 1 heterocycles. The Morgan fingerprint density at radius 2 is 1.26 bits per heavy atom. The Kier molecular flexibility index (Phi) is 19.3. The number of aliphatic hydroxyl groups excluding tert-OH is 1. The molecule has 1 saturated heterocycles. The van der Waals surface area contributed by atoms with E-state index in [-0.39, 0.29) is 20.3 Å². The summed E-state index contributed by atoms with van der Waals surface area (Å²) >= 11 is 0. The lowest BCUT2D eigenvalue weighted by atomic mass is 10.2. The smallest absolute Gasteiger partial charge is 0.388 e. The van der Waals surface area contributed by atoms with Crippen LogP contribution in [0.3, 0.4) is 0 Å². The van der Waals surface area contributed by atoms with Crippen molar-refractivity contribution in [2.24, 2.45) is 0 Å². The van der Waals surface area contributed by atoms with Gasteiger partial charge in [-0.3, -0.25) is 0 Å². The quantitative estimate of drug-likeness (QED) is 0.132. The summed E-state index contributed by atoms with van der Waals surface area (Å²) in [5.41, 5.74) is 0. The number of alkyl halides is 6. The fraction of sp³-hybridized carbons (Fsp3) is 1.00. The normalized spacial score (nSPS) is 17.4. The third-order valence-corrected chi connectivity index (χ3v) is 12.7. The largest absolute Gasteiger partial charge is 0.396 e. The Bertz CT molecular complexity index is 508. The number of hydrogen-bond donors (Lipinski definition) is 1.